The van der Waals surface area contributed by atoms with Gasteiger partial charge in [-0.2, -0.15) is 0 Å². The molecule has 0 saturated carbocycles. The molecule has 0 radical (unpaired) electrons. The van der Waals surface area contributed by atoms with E-state index < -0.39 is 47.7 Å². The van der Waals surface area contributed by atoms with Crippen LogP contribution in [0.1, 0.15) is 142 Å². The van der Waals surface area contributed by atoms with Crippen LogP contribution >= 0.6 is 0 Å². The molecular formula is C37H66N4O12. The average Bonchev–Trinajstić information content (AvgIpc) is 3.11. The molecule has 16 heteroatoms. The zero-order valence-corrected chi connectivity index (χ0v) is 31.8. The van der Waals surface area contributed by atoms with E-state index in [9.17, 15) is 43.8 Å². The number of hydrogen-bond donors (Lipinski definition) is 7. The molecule has 7 N–H and O–H groups in total. The number of nitrogens with one attached hydrogen (secondary N) is 4. The van der Waals surface area contributed by atoms with Gasteiger partial charge in [0.05, 0.1) is 19.8 Å². The summed E-state index contributed by atoms with van der Waals surface area (Å²) in [5.74, 6) is -5.12. The number of carbonyl (C=O) groups excluding carboxylic acids is 4. The van der Waals surface area contributed by atoms with Gasteiger partial charge in [-0.1, -0.05) is 84.0 Å². The van der Waals surface area contributed by atoms with Crippen molar-refractivity contribution in [2.75, 3.05) is 39.5 Å². The number of ether oxygens (including phenoxy) is 2. The van der Waals surface area contributed by atoms with Crippen LogP contribution in [0.4, 0.5) is 0 Å². The standard InChI is InChI=1S/C37H66N4O12/c1-2-23-38-34(45)28-53-27-26-52-25-24-39-31(42)21-19-29(36(48)49)41-33(44)22-20-30(37(50)51)40-32(43)17-15-13-11-9-7-5-3-4-6-8-10-12-14-16-18-35(46)47/h29-30H,2-28H2,1H3,(H,38,45)(H,39,42)(H,40,43)(H,41,44)(H,46,47)(H,48,49)(H,50,51)/t29-,30-/m0/s1. The van der Waals surface area contributed by atoms with Gasteiger partial charge in [0.15, 0.2) is 0 Å². The van der Waals surface area contributed by atoms with E-state index >= 15 is 0 Å². The van der Waals surface area contributed by atoms with Crippen LogP contribution in [0.25, 0.3) is 0 Å². The Labute approximate surface area is 314 Å². The summed E-state index contributed by atoms with van der Waals surface area (Å²) in [6, 6.07) is -2.65. The number of carboxylic acids is 3. The normalized spacial score (nSPS) is 12.0. The summed E-state index contributed by atoms with van der Waals surface area (Å²) < 4.78 is 10.5. The number of amides is 4. The fourth-order valence-electron chi connectivity index (χ4n) is 5.33. The Balaban J connectivity index is 4.04. The molecule has 4 amide bonds. The number of carbonyl (C=O) groups is 7. The van der Waals surface area contributed by atoms with E-state index in [0.29, 0.717) is 13.0 Å². The minimum absolute atomic E-state index is 0.0649. The van der Waals surface area contributed by atoms with E-state index in [-0.39, 0.29) is 77.4 Å². The molecule has 0 bridgehead atoms. The van der Waals surface area contributed by atoms with Crippen molar-refractivity contribution in [3.05, 3.63) is 0 Å². The van der Waals surface area contributed by atoms with Gasteiger partial charge in [0.1, 0.15) is 18.7 Å². The highest BCUT2D eigenvalue weighted by molar-refractivity contribution is 5.86. The lowest BCUT2D eigenvalue weighted by molar-refractivity contribution is -0.143. The highest BCUT2D eigenvalue weighted by atomic mass is 16.5. The SMILES string of the molecule is CCCNC(=O)COCCOCCNC(=O)CC[C@H](NC(=O)CC[C@H](NC(=O)CCCCCCCCCCCCCCCCC(=O)O)C(=O)O)C(=O)O. The van der Waals surface area contributed by atoms with Crippen LogP contribution < -0.4 is 21.3 Å². The lowest BCUT2D eigenvalue weighted by Crippen LogP contribution is -2.44. The molecule has 0 aromatic carbocycles. The Morgan fingerprint density at radius 2 is 0.887 bits per heavy atom. The molecule has 0 heterocycles. The number of carboxylic acid groups (broad SMARTS) is 3. The molecule has 0 rings (SSSR count). The quantitative estimate of drug-likeness (QED) is 0.0449. The third-order valence-electron chi connectivity index (χ3n) is 8.38. The Morgan fingerprint density at radius 1 is 0.472 bits per heavy atom. The fourth-order valence-corrected chi connectivity index (χ4v) is 5.33. The van der Waals surface area contributed by atoms with Crippen LogP contribution in [0.15, 0.2) is 0 Å². The number of hydrogen-bond acceptors (Lipinski definition) is 9. The maximum Gasteiger partial charge on any atom is 0.326 e. The average molecular weight is 759 g/mol. The van der Waals surface area contributed by atoms with E-state index in [2.05, 4.69) is 21.3 Å². The topological polar surface area (TPSA) is 247 Å². The predicted octanol–water partition coefficient (Wildman–Crippen LogP) is 3.69. The molecule has 0 aromatic heterocycles. The molecular weight excluding hydrogens is 692 g/mol. The van der Waals surface area contributed by atoms with E-state index in [1.165, 1.54) is 32.1 Å². The van der Waals surface area contributed by atoms with E-state index in [1.807, 2.05) is 6.92 Å². The summed E-state index contributed by atoms with van der Waals surface area (Å²) in [5.41, 5.74) is 0. The zero-order chi connectivity index (χ0) is 39.5. The molecule has 0 aliphatic rings. The summed E-state index contributed by atoms with van der Waals surface area (Å²) in [5, 5.41) is 37.7. The molecule has 53 heavy (non-hydrogen) atoms. The van der Waals surface area contributed by atoms with Gasteiger partial charge in [0.2, 0.25) is 23.6 Å². The van der Waals surface area contributed by atoms with Gasteiger partial charge in [0.25, 0.3) is 0 Å². The first-order valence-corrected chi connectivity index (χ1v) is 19.4. The van der Waals surface area contributed by atoms with Crippen molar-refractivity contribution in [2.45, 2.75) is 154 Å². The second kappa shape index (κ2) is 34.0. The number of rotatable bonds is 37. The number of unbranched alkanes of at least 4 members (excludes halogenated alkanes) is 13. The van der Waals surface area contributed by atoms with Crippen LogP contribution in [0.5, 0.6) is 0 Å². The van der Waals surface area contributed by atoms with Crippen molar-refractivity contribution in [3.8, 4) is 0 Å². The van der Waals surface area contributed by atoms with Crippen LogP contribution in [-0.2, 0) is 43.0 Å². The van der Waals surface area contributed by atoms with Gasteiger partial charge < -0.3 is 46.1 Å². The van der Waals surface area contributed by atoms with Gasteiger partial charge in [0, 0.05) is 38.8 Å². The Morgan fingerprint density at radius 3 is 1.36 bits per heavy atom. The lowest BCUT2D eigenvalue weighted by Gasteiger charge is -2.17. The van der Waals surface area contributed by atoms with E-state index in [0.717, 1.165) is 57.8 Å². The molecule has 306 valence electrons. The summed E-state index contributed by atoms with van der Waals surface area (Å²) in [6.45, 7) is 3.25. The highest BCUT2D eigenvalue weighted by Crippen LogP contribution is 2.14. The summed E-state index contributed by atoms with van der Waals surface area (Å²) >= 11 is 0. The fraction of sp³-hybridized carbons (Fsp3) is 0.811. The maximum absolute atomic E-state index is 12.4. The second-order valence-corrected chi connectivity index (χ2v) is 13.2. The van der Waals surface area contributed by atoms with Crippen LogP contribution in [0, 0.1) is 0 Å². The van der Waals surface area contributed by atoms with Gasteiger partial charge in [-0.15, -0.1) is 0 Å². The van der Waals surface area contributed by atoms with Crippen molar-refractivity contribution in [2.24, 2.45) is 0 Å². The molecule has 0 spiro atoms. The predicted molar refractivity (Wildman–Crippen MR) is 197 cm³/mol. The van der Waals surface area contributed by atoms with Crippen LogP contribution in [0.3, 0.4) is 0 Å². The molecule has 0 unspecified atom stereocenters. The van der Waals surface area contributed by atoms with E-state index in [1.54, 1.807) is 0 Å². The minimum Gasteiger partial charge on any atom is -0.481 e. The highest BCUT2D eigenvalue weighted by Gasteiger charge is 2.24. The van der Waals surface area contributed by atoms with Crippen molar-refractivity contribution in [1.29, 1.82) is 0 Å². The van der Waals surface area contributed by atoms with Crippen LogP contribution in [0.2, 0.25) is 0 Å². The zero-order valence-electron chi connectivity index (χ0n) is 31.8. The molecule has 0 aromatic rings. The molecule has 0 aliphatic carbocycles. The Kier molecular flexibility index (Phi) is 31.6. The largest absolute Gasteiger partial charge is 0.481 e. The molecule has 2 atom stereocenters. The third-order valence-corrected chi connectivity index (χ3v) is 8.38. The summed E-state index contributed by atoms with van der Waals surface area (Å²) in [6.07, 6.45) is 15.0. The molecule has 16 nitrogen and oxygen atoms in total. The lowest BCUT2D eigenvalue weighted by atomic mass is 10.0. The van der Waals surface area contributed by atoms with Crippen molar-refractivity contribution in [3.63, 3.8) is 0 Å². The van der Waals surface area contributed by atoms with Crippen LogP contribution in [-0.4, -0.2) is 108 Å². The molecule has 0 saturated heterocycles. The van der Waals surface area contributed by atoms with Gasteiger partial charge >= 0.3 is 17.9 Å². The monoisotopic (exact) mass is 758 g/mol. The Hall–Kier alpha value is -3.79. The van der Waals surface area contributed by atoms with Crippen molar-refractivity contribution in [1.82, 2.24) is 21.3 Å². The Bertz CT molecular complexity index is 1060. The van der Waals surface area contributed by atoms with E-state index in [4.69, 9.17) is 14.6 Å². The van der Waals surface area contributed by atoms with Gasteiger partial charge in [-0.25, -0.2) is 9.59 Å². The number of aliphatic carboxylic acids is 3. The minimum atomic E-state index is -1.35. The molecule has 0 fully saturated rings. The van der Waals surface area contributed by atoms with Crippen molar-refractivity contribution >= 4 is 41.5 Å². The molecule has 0 aliphatic heterocycles. The first-order valence-electron chi connectivity index (χ1n) is 19.4. The third kappa shape index (κ3) is 32.6. The first-order chi connectivity index (χ1) is 25.5. The second-order valence-electron chi connectivity index (χ2n) is 13.2. The first kappa shape index (κ1) is 49.2. The van der Waals surface area contributed by atoms with Crippen molar-refractivity contribution < 1.29 is 58.4 Å². The van der Waals surface area contributed by atoms with Gasteiger partial charge in [-0.05, 0) is 32.1 Å². The van der Waals surface area contributed by atoms with Gasteiger partial charge in [-0.3, -0.25) is 24.0 Å². The summed E-state index contributed by atoms with van der Waals surface area (Å²) in [4.78, 5) is 82.1. The smallest absolute Gasteiger partial charge is 0.326 e. The maximum atomic E-state index is 12.4. The summed E-state index contributed by atoms with van der Waals surface area (Å²) in [7, 11) is 0.